The molecule has 1 aromatic carbocycles. The van der Waals surface area contributed by atoms with Crippen molar-refractivity contribution >= 4 is 34.4 Å². The van der Waals surface area contributed by atoms with Crippen molar-refractivity contribution in [3.05, 3.63) is 72.3 Å². The molecule has 0 radical (unpaired) electrons. The first kappa shape index (κ1) is 21.7. The number of nitrogens with one attached hydrogen (secondary N) is 1. The number of aromatic nitrogens is 4. The molecule has 0 unspecified atom stereocenters. The van der Waals surface area contributed by atoms with E-state index in [4.69, 9.17) is 0 Å². The van der Waals surface area contributed by atoms with E-state index in [1.807, 2.05) is 0 Å². The molecule has 0 atom stereocenters. The molecule has 1 aliphatic rings. The van der Waals surface area contributed by atoms with Gasteiger partial charge in [-0.1, -0.05) is 0 Å². The van der Waals surface area contributed by atoms with E-state index in [1.54, 1.807) is 54.7 Å². The predicted octanol–water partition coefficient (Wildman–Crippen LogP) is 2.98. The van der Waals surface area contributed by atoms with Crippen molar-refractivity contribution in [2.75, 3.05) is 29.9 Å². The summed E-state index contributed by atoms with van der Waals surface area (Å²) < 4.78 is 31.6. The molecule has 0 amide bonds. The first-order chi connectivity index (χ1) is 15.9. The number of nitrogens with zero attached hydrogens (tertiary/aromatic N) is 5. The number of aliphatic hydroxyl groups is 2. The molecule has 0 aliphatic carbocycles. The molecule has 1 saturated heterocycles. The second-order valence-electron chi connectivity index (χ2n) is 7.54. The lowest BCUT2D eigenvalue weighted by molar-refractivity contribution is -0.276. The van der Waals surface area contributed by atoms with Crippen LogP contribution in [0.4, 0.5) is 20.4 Å². The second kappa shape index (κ2) is 8.67. The van der Waals surface area contributed by atoms with Gasteiger partial charge in [0, 0.05) is 60.5 Å². The second-order valence-corrected chi connectivity index (χ2v) is 8.76. The minimum Gasteiger partial charge on any atom is -0.349 e. The fourth-order valence-electron chi connectivity index (χ4n) is 3.80. The third kappa shape index (κ3) is 4.15. The summed E-state index contributed by atoms with van der Waals surface area (Å²) in [6.45, 7) is 0.620. The monoisotopic (exact) mass is 470 g/mol. The van der Waals surface area contributed by atoms with Crippen LogP contribution < -0.4 is 5.32 Å². The molecule has 33 heavy (non-hydrogen) atoms. The van der Waals surface area contributed by atoms with E-state index in [1.165, 1.54) is 9.47 Å². The molecular weight excluding hydrogens is 450 g/mol. The minimum atomic E-state index is -2.74. The van der Waals surface area contributed by atoms with Gasteiger partial charge in [-0.2, -0.15) is 16.7 Å². The molecule has 3 N–H and O–H groups in total. The molecule has 0 saturated carbocycles. The zero-order valence-corrected chi connectivity index (χ0v) is 18.1. The van der Waals surface area contributed by atoms with Crippen LogP contribution in [0.15, 0.2) is 55.1 Å². The lowest BCUT2D eigenvalue weighted by Crippen LogP contribution is -2.51. The highest BCUT2D eigenvalue weighted by atomic mass is 32.2. The molecule has 8 nitrogen and oxygen atoms in total. The lowest BCUT2D eigenvalue weighted by atomic mass is 10.1. The Kier molecular flexibility index (Phi) is 5.71. The van der Waals surface area contributed by atoms with Gasteiger partial charge in [-0.05, 0) is 30.3 Å². The predicted molar refractivity (Wildman–Crippen MR) is 121 cm³/mol. The third-order valence-electron chi connectivity index (χ3n) is 5.46. The van der Waals surface area contributed by atoms with Crippen LogP contribution in [0, 0.1) is 11.6 Å². The summed E-state index contributed by atoms with van der Waals surface area (Å²) in [5.41, 5.74) is 0.536. The quantitative estimate of drug-likeness (QED) is 0.383. The number of fused-ring (bicyclic) bond motifs is 1. The van der Waals surface area contributed by atoms with Gasteiger partial charge in [0.15, 0.2) is 0 Å². The van der Waals surface area contributed by atoms with E-state index in [-0.39, 0.29) is 5.69 Å². The van der Waals surface area contributed by atoms with Crippen molar-refractivity contribution in [3.63, 3.8) is 0 Å². The Morgan fingerprint density at radius 3 is 2.42 bits per heavy atom. The normalized spacial score (nSPS) is 15.2. The molecule has 1 fully saturated rings. The van der Waals surface area contributed by atoms with Gasteiger partial charge in [-0.15, -0.1) is 0 Å². The molecule has 1 aliphatic heterocycles. The Morgan fingerprint density at radius 2 is 1.73 bits per heavy atom. The van der Waals surface area contributed by atoms with Gasteiger partial charge in [0.05, 0.1) is 11.3 Å². The maximum Gasteiger partial charge on any atom is 0.259 e. The molecule has 3 aromatic heterocycles. The van der Waals surface area contributed by atoms with Crippen molar-refractivity contribution in [1.29, 1.82) is 0 Å². The molecule has 0 spiro atoms. The summed E-state index contributed by atoms with van der Waals surface area (Å²) >= 11 is 1.65. The van der Waals surface area contributed by atoms with Crippen LogP contribution in [-0.2, 0) is 5.91 Å². The number of pyridine rings is 1. The summed E-state index contributed by atoms with van der Waals surface area (Å²) in [6.07, 6.45) is 6.48. The summed E-state index contributed by atoms with van der Waals surface area (Å²) in [5.74, 6) is -3.25. The fourth-order valence-corrected chi connectivity index (χ4v) is 4.71. The highest BCUT2D eigenvalue weighted by molar-refractivity contribution is 7.99. The highest BCUT2D eigenvalue weighted by Crippen LogP contribution is 2.32. The molecule has 0 bridgehead atoms. The first-order valence-corrected chi connectivity index (χ1v) is 11.4. The van der Waals surface area contributed by atoms with E-state index < -0.39 is 23.1 Å². The summed E-state index contributed by atoms with van der Waals surface area (Å²) in [6, 6.07) is 7.37. The van der Waals surface area contributed by atoms with Gasteiger partial charge in [-0.25, -0.2) is 18.7 Å². The van der Waals surface area contributed by atoms with Crippen LogP contribution in [0.3, 0.4) is 0 Å². The SMILES string of the molecule is OC(O)(c1c(F)cc(-n2ccc3cnc(Nc4ccncc4)nc32)cc1F)N1CCSCC1. The minimum absolute atomic E-state index is 0.155. The number of halogens is 2. The zero-order chi connectivity index (χ0) is 23.0. The van der Waals surface area contributed by atoms with Crippen LogP contribution in [0.5, 0.6) is 0 Å². The van der Waals surface area contributed by atoms with E-state index in [0.717, 1.165) is 17.8 Å². The van der Waals surface area contributed by atoms with Gasteiger partial charge >= 0.3 is 0 Å². The topological polar surface area (TPSA) is 99.3 Å². The average Bonchev–Trinajstić information content (AvgIpc) is 3.23. The Hall–Kier alpha value is -3.12. The Labute approximate surface area is 191 Å². The van der Waals surface area contributed by atoms with Gasteiger partial charge in [0.2, 0.25) is 5.95 Å². The van der Waals surface area contributed by atoms with Crippen LogP contribution in [0.25, 0.3) is 16.7 Å². The van der Waals surface area contributed by atoms with Crippen molar-refractivity contribution in [2.45, 2.75) is 5.91 Å². The van der Waals surface area contributed by atoms with Crippen LogP contribution in [0.2, 0.25) is 0 Å². The average molecular weight is 471 g/mol. The largest absolute Gasteiger partial charge is 0.349 e. The molecular formula is C22H20F2N6O2S. The maximum absolute atomic E-state index is 15.1. The highest BCUT2D eigenvalue weighted by Gasteiger charge is 2.40. The molecule has 4 aromatic rings. The van der Waals surface area contributed by atoms with Crippen LogP contribution >= 0.6 is 11.8 Å². The number of benzene rings is 1. The number of anilines is 2. The van der Waals surface area contributed by atoms with Gasteiger partial charge in [0.25, 0.3) is 5.91 Å². The van der Waals surface area contributed by atoms with Crippen molar-refractivity contribution in [3.8, 4) is 5.69 Å². The zero-order valence-electron chi connectivity index (χ0n) is 17.3. The van der Waals surface area contributed by atoms with Crippen LogP contribution in [-0.4, -0.2) is 59.2 Å². The summed E-state index contributed by atoms with van der Waals surface area (Å²) in [4.78, 5) is 14.0. The standard InChI is InChI=1S/C22H20F2N6O2S/c23-17-11-16(12-18(24)19(17)22(31,32)29-7-9-33-10-8-29)30-6-3-14-13-26-21(28-20(14)30)27-15-1-4-25-5-2-15/h1-6,11-13,31-32H,7-10H2,(H,25,26,27,28). The van der Waals surface area contributed by atoms with Crippen molar-refractivity contribution in [2.24, 2.45) is 0 Å². The smallest absolute Gasteiger partial charge is 0.259 e. The van der Waals surface area contributed by atoms with Gasteiger partial charge in [-0.3, -0.25) is 4.98 Å². The third-order valence-corrected chi connectivity index (χ3v) is 6.40. The Morgan fingerprint density at radius 1 is 1.03 bits per heavy atom. The van der Waals surface area contributed by atoms with E-state index in [0.29, 0.717) is 41.6 Å². The number of rotatable bonds is 5. The molecule has 5 rings (SSSR count). The number of hydrogen-bond donors (Lipinski definition) is 3. The summed E-state index contributed by atoms with van der Waals surface area (Å²) in [7, 11) is 0. The Bertz CT molecular complexity index is 1270. The number of hydrogen-bond acceptors (Lipinski definition) is 8. The number of thioether (sulfide) groups is 1. The van der Waals surface area contributed by atoms with Crippen molar-refractivity contribution in [1.82, 2.24) is 24.4 Å². The van der Waals surface area contributed by atoms with E-state index >= 15 is 8.78 Å². The van der Waals surface area contributed by atoms with E-state index in [9.17, 15) is 10.2 Å². The lowest BCUT2D eigenvalue weighted by Gasteiger charge is -2.37. The van der Waals surface area contributed by atoms with Crippen molar-refractivity contribution < 1.29 is 19.0 Å². The molecule has 170 valence electrons. The van der Waals surface area contributed by atoms with Gasteiger partial charge in [0.1, 0.15) is 17.3 Å². The maximum atomic E-state index is 15.1. The van der Waals surface area contributed by atoms with Gasteiger partial charge < -0.3 is 20.1 Å². The molecule has 11 heteroatoms. The molecule has 4 heterocycles. The van der Waals surface area contributed by atoms with Crippen LogP contribution in [0.1, 0.15) is 5.56 Å². The Balaban J connectivity index is 1.51. The fraction of sp³-hybridized carbons (Fsp3) is 0.227. The summed E-state index contributed by atoms with van der Waals surface area (Å²) in [5, 5.41) is 24.9. The first-order valence-electron chi connectivity index (χ1n) is 10.2. The van der Waals surface area contributed by atoms with E-state index in [2.05, 4.69) is 20.3 Å².